The van der Waals surface area contributed by atoms with Gasteiger partial charge in [0.2, 0.25) is 5.91 Å². The van der Waals surface area contributed by atoms with Crippen LogP contribution in [0.3, 0.4) is 0 Å². The second kappa shape index (κ2) is 7.95. The van der Waals surface area contributed by atoms with Gasteiger partial charge in [0.15, 0.2) is 11.6 Å². The van der Waals surface area contributed by atoms with Crippen molar-refractivity contribution in [3.05, 3.63) is 35.9 Å². The van der Waals surface area contributed by atoms with E-state index in [1.807, 2.05) is 32.1 Å². The number of amides is 1. The third-order valence-electron chi connectivity index (χ3n) is 6.10. The number of ketones is 1. The van der Waals surface area contributed by atoms with Gasteiger partial charge in [0, 0.05) is 54.6 Å². The molecular weight excluding hydrogens is 420 g/mol. The summed E-state index contributed by atoms with van der Waals surface area (Å²) in [5, 5.41) is 10.5. The smallest absolute Gasteiger partial charge is 0.228 e. The monoisotopic (exact) mass is 449 g/mol. The summed E-state index contributed by atoms with van der Waals surface area (Å²) in [6.07, 6.45) is 5.67. The predicted octanol–water partition coefficient (Wildman–Crippen LogP) is 3.47. The number of hydrogen-bond acceptors (Lipinski definition) is 8. The second-order valence-corrected chi connectivity index (χ2v) is 8.42. The highest BCUT2D eigenvalue weighted by atomic mass is 16.2. The van der Waals surface area contributed by atoms with Crippen molar-refractivity contribution >= 4 is 34.7 Å². The summed E-state index contributed by atoms with van der Waals surface area (Å²) in [4.78, 5) is 40.3. The number of hydrogen-bond donors (Lipinski definition) is 2. The molecule has 0 radical (unpaired) electrons. The minimum absolute atomic E-state index is 0.0183. The number of carbonyl (C=O) groups is 2. The zero-order valence-corrected chi connectivity index (χ0v) is 18.6. The highest BCUT2D eigenvalue weighted by Crippen LogP contribution is 2.45. The number of carbonyl (C=O) groups excluding carboxylic acids is 2. The lowest BCUT2D eigenvalue weighted by atomic mass is 9.99. The molecule has 3 aromatic heterocycles. The fraction of sp³-hybridized carbons (Fsp3) is 0.391. The molecule has 0 saturated heterocycles. The van der Waals surface area contributed by atoms with E-state index >= 15 is 0 Å². The molecule has 33 heavy (non-hydrogen) atoms. The van der Waals surface area contributed by atoms with E-state index in [4.69, 9.17) is 4.11 Å². The Morgan fingerprint density at radius 1 is 1.21 bits per heavy atom. The number of anilines is 4. The number of nitrogens with zero attached hydrogens (tertiary/aromatic N) is 6. The molecule has 0 unspecified atom stereocenters. The quantitative estimate of drug-likeness (QED) is 0.549. The van der Waals surface area contributed by atoms with Crippen LogP contribution in [-0.2, 0) is 11.8 Å². The Bertz CT molecular complexity index is 1370. The van der Waals surface area contributed by atoms with Crippen molar-refractivity contribution in [1.29, 1.82) is 0 Å². The molecule has 1 saturated carbocycles. The van der Waals surface area contributed by atoms with Crippen LogP contribution in [0.4, 0.5) is 23.0 Å². The Hall–Kier alpha value is -3.82. The van der Waals surface area contributed by atoms with Crippen molar-refractivity contribution in [2.75, 3.05) is 22.6 Å². The summed E-state index contributed by atoms with van der Waals surface area (Å²) in [5.74, 6) is -0.0835. The van der Waals surface area contributed by atoms with Crippen LogP contribution in [0, 0.1) is 5.92 Å². The normalized spacial score (nSPS) is 18.5. The van der Waals surface area contributed by atoms with Gasteiger partial charge in [-0.2, -0.15) is 5.10 Å². The fourth-order valence-corrected chi connectivity index (χ4v) is 4.02. The minimum Gasteiger partial charge on any atom is -0.363 e. The summed E-state index contributed by atoms with van der Waals surface area (Å²) in [5.41, 5.74) is 3.47. The molecule has 2 N–H and O–H groups in total. The fourth-order valence-electron chi connectivity index (χ4n) is 4.02. The third-order valence-corrected chi connectivity index (χ3v) is 6.10. The molecule has 10 heteroatoms. The predicted molar refractivity (Wildman–Crippen MR) is 125 cm³/mol. The number of fused-ring (bicyclic) bond motifs is 3. The lowest BCUT2D eigenvalue weighted by Gasteiger charge is -2.33. The number of aryl methyl sites for hydroxylation is 1. The molecule has 3 aromatic rings. The number of rotatable bonds is 6. The van der Waals surface area contributed by atoms with Gasteiger partial charge < -0.3 is 15.5 Å². The van der Waals surface area contributed by atoms with E-state index in [-0.39, 0.29) is 29.2 Å². The van der Waals surface area contributed by atoms with Gasteiger partial charge in [0.1, 0.15) is 29.2 Å². The molecule has 1 fully saturated rings. The average molecular weight is 450 g/mol. The van der Waals surface area contributed by atoms with Gasteiger partial charge in [-0.25, -0.2) is 15.0 Å². The first-order valence-corrected chi connectivity index (χ1v) is 10.7. The molecule has 0 spiro atoms. The zero-order valence-electron chi connectivity index (χ0n) is 21.6. The van der Waals surface area contributed by atoms with Gasteiger partial charge in [-0.1, -0.05) is 6.85 Å². The number of aromatic nitrogens is 5. The molecule has 0 aromatic carbocycles. The first-order chi connectivity index (χ1) is 17.0. The van der Waals surface area contributed by atoms with Gasteiger partial charge >= 0.3 is 0 Å². The van der Waals surface area contributed by atoms with Gasteiger partial charge in [0.05, 0.1) is 17.3 Å². The highest BCUT2D eigenvalue weighted by molar-refractivity contribution is 6.03. The molecule has 170 valence electrons. The molecule has 1 aliphatic heterocycles. The van der Waals surface area contributed by atoms with Crippen molar-refractivity contribution in [2.45, 2.75) is 39.1 Å². The highest BCUT2D eigenvalue weighted by Gasteiger charge is 2.33. The largest absolute Gasteiger partial charge is 0.363 e. The Kier molecular flexibility index (Phi) is 4.26. The van der Waals surface area contributed by atoms with E-state index < -0.39 is 19.1 Å². The summed E-state index contributed by atoms with van der Waals surface area (Å²) >= 11 is 0. The van der Waals surface area contributed by atoms with Crippen molar-refractivity contribution in [1.82, 2.24) is 24.7 Å². The van der Waals surface area contributed by atoms with Crippen molar-refractivity contribution < 1.29 is 13.7 Å². The average Bonchev–Trinajstić information content (AvgIpc) is 3.58. The molecular formula is C23H26N8O2. The minimum atomic E-state index is -2.44. The van der Waals surface area contributed by atoms with Crippen molar-refractivity contribution in [3.8, 4) is 11.4 Å². The summed E-state index contributed by atoms with van der Waals surface area (Å²) in [6.45, 7) is -0.393. The number of nitrogens with one attached hydrogen (secondary N) is 2. The maximum absolute atomic E-state index is 12.9. The van der Waals surface area contributed by atoms with E-state index in [1.165, 1.54) is 18.6 Å². The lowest BCUT2D eigenvalue weighted by Crippen LogP contribution is -2.27. The molecule has 1 amide bonds. The molecule has 1 atom stereocenters. The Morgan fingerprint density at radius 2 is 2.03 bits per heavy atom. The molecule has 5 rings (SSSR count). The van der Waals surface area contributed by atoms with Crippen LogP contribution in [0.2, 0.25) is 0 Å². The van der Waals surface area contributed by atoms with Crippen molar-refractivity contribution in [2.24, 2.45) is 13.0 Å². The van der Waals surface area contributed by atoms with Gasteiger partial charge in [-0.15, -0.1) is 0 Å². The summed E-state index contributed by atoms with van der Waals surface area (Å²) in [7, 11) is 3.77. The first kappa shape index (κ1) is 17.7. The topological polar surface area (TPSA) is 118 Å². The van der Waals surface area contributed by atoms with Gasteiger partial charge in [-0.05, 0) is 19.8 Å². The maximum Gasteiger partial charge on any atom is 0.228 e. The second-order valence-electron chi connectivity index (χ2n) is 8.42. The van der Waals surface area contributed by atoms with Gasteiger partial charge in [-0.3, -0.25) is 14.3 Å². The van der Waals surface area contributed by atoms with Crippen LogP contribution in [0.15, 0.2) is 24.8 Å². The standard InChI is InChI=1S/C23H26N8O2/c1-5-17(32)14-9-24-18(28-23(33)13-6-7-13)8-16(14)27-22-21-20(25-11-26-22)19-15(10-30(3)29-19)12(2)31(21)4/h8-13H,5-7H2,1-4H3,(H2,24,25,26,27,28,33)/t12-/m1/s1/i1D3. The van der Waals surface area contributed by atoms with Crippen molar-refractivity contribution in [3.63, 3.8) is 0 Å². The number of pyridine rings is 1. The zero-order chi connectivity index (χ0) is 25.8. The maximum atomic E-state index is 12.9. The summed E-state index contributed by atoms with van der Waals surface area (Å²) in [6, 6.07) is 1.51. The summed E-state index contributed by atoms with van der Waals surface area (Å²) < 4.78 is 24.3. The van der Waals surface area contributed by atoms with E-state index in [0.717, 1.165) is 24.1 Å². The Labute approximate surface area is 195 Å². The van der Waals surface area contributed by atoms with Crippen LogP contribution in [0.1, 0.15) is 59.1 Å². The van der Waals surface area contributed by atoms with E-state index in [1.54, 1.807) is 4.68 Å². The van der Waals surface area contributed by atoms with E-state index in [2.05, 4.69) is 30.7 Å². The molecule has 0 bridgehead atoms. The lowest BCUT2D eigenvalue weighted by molar-refractivity contribution is -0.117. The Morgan fingerprint density at radius 3 is 2.79 bits per heavy atom. The molecule has 1 aliphatic carbocycles. The number of Topliss-reactive ketones (excluding diaryl/α,β-unsaturated/α-hetero) is 1. The van der Waals surface area contributed by atoms with Gasteiger partial charge in [0.25, 0.3) is 0 Å². The first-order valence-electron chi connectivity index (χ1n) is 12.2. The Balaban J connectivity index is 1.56. The van der Waals surface area contributed by atoms with Crippen LogP contribution in [-0.4, -0.2) is 43.5 Å². The van der Waals surface area contributed by atoms with Crippen LogP contribution in [0.5, 0.6) is 0 Å². The van der Waals surface area contributed by atoms with Crippen LogP contribution >= 0.6 is 0 Å². The van der Waals surface area contributed by atoms with Crippen LogP contribution < -0.4 is 15.5 Å². The molecule has 4 heterocycles. The molecule has 2 aliphatic rings. The van der Waals surface area contributed by atoms with Crippen LogP contribution in [0.25, 0.3) is 11.4 Å². The molecule has 10 nitrogen and oxygen atoms in total. The van der Waals surface area contributed by atoms with E-state index in [9.17, 15) is 9.59 Å². The SMILES string of the molecule is [2H]C([2H])([2H])CC(=O)c1cnc(NC(=O)C2CC2)cc1Nc1ncnc2c1N(C)[C@H](C)c1cn(C)nc1-2. The van der Waals surface area contributed by atoms with E-state index in [0.29, 0.717) is 22.9 Å². The third kappa shape index (κ3) is 3.71.